The summed E-state index contributed by atoms with van der Waals surface area (Å²) in [5.74, 6) is 1.57. The van der Waals surface area contributed by atoms with Gasteiger partial charge in [0.1, 0.15) is 11.4 Å². The molecule has 1 aromatic heterocycles. The molecule has 0 radical (unpaired) electrons. The minimum absolute atomic E-state index is 0.0822. The summed E-state index contributed by atoms with van der Waals surface area (Å²) < 4.78 is 6.15. The van der Waals surface area contributed by atoms with Crippen molar-refractivity contribution in [1.82, 2.24) is 9.97 Å². The summed E-state index contributed by atoms with van der Waals surface area (Å²) in [7, 11) is 0. The van der Waals surface area contributed by atoms with Crippen LogP contribution in [-0.2, 0) is 0 Å². The van der Waals surface area contributed by atoms with Crippen LogP contribution in [-0.4, -0.2) is 15.6 Å². The highest BCUT2D eigenvalue weighted by Crippen LogP contribution is 2.27. The maximum absolute atomic E-state index is 6.15. The van der Waals surface area contributed by atoms with Crippen molar-refractivity contribution in [3.8, 4) is 5.75 Å². The van der Waals surface area contributed by atoms with Gasteiger partial charge < -0.3 is 4.74 Å². The topological polar surface area (TPSA) is 35.0 Å². The summed E-state index contributed by atoms with van der Waals surface area (Å²) in [6.45, 7) is 8.55. The van der Waals surface area contributed by atoms with Gasteiger partial charge in [-0.3, -0.25) is 0 Å². The quantitative estimate of drug-likeness (QED) is 0.607. The van der Waals surface area contributed by atoms with E-state index in [4.69, 9.17) is 4.74 Å². The van der Waals surface area contributed by atoms with Gasteiger partial charge in [-0.15, -0.1) is 0 Å². The molecule has 0 amide bonds. The first-order valence-electron chi connectivity index (χ1n) is 7.57. The van der Waals surface area contributed by atoms with Gasteiger partial charge in [0.05, 0.1) is 12.4 Å². The first-order valence-corrected chi connectivity index (χ1v) is 7.57. The lowest BCUT2D eigenvalue weighted by Gasteiger charge is -2.30. The summed E-state index contributed by atoms with van der Waals surface area (Å²) in [5.41, 5.74) is -0.0822. The number of aromatic nitrogens is 2. The van der Waals surface area contributed by atoms with Crippen LogP contribution in [0.3, 0.4) is 0 Å². The first kappa shape index (κ1) is 15.9. The fraction of sp³-hybridized carbons (Fsp3) is 0.750. The van der Waals surface area contributed by atoms with E-state index in [1.165, 1.54) is 25.7 Å². The Morgan fingerprint density at radius 3 is 2.26 bits per heavy atom. The van der Waals surface area contributed by atoms with Crippen molar-refractivity contribution in [2.24, 2.45) is 0 Å². The maximum atomic E-state index is 6.15. The number of aryl methyl sites for hydroxylation is 1. The normalized spacial score (nSPS) is 14.1. The van der Waals surface area contributed by atoms with Gasteiger partial charge in [0.25, 0.3) is 0 Å². The molecule has 0 bridgehead atoms. The third-order valence-corrected chi connectivity index (χ3v) is 3.46. The monoisotopic (exact) mass is 264 g/mol. The fourth-order valence-electron chi connectivity index (χ4n) is 2.40. The Kier molecular flexibility index (Phi) is 6.82. The van der Waals surface area contributed by atoms with Gasteiger partial charge in [0.15, 0.2) is 5.75 Å². The van der Waals surface area contributed by atoms with Gasteiger partial charge in [0.2, 0.25) is 0 Å². The smallest absolute Gasteiger partial charge is 0.156 e. The Labute approximate surface area is 117 Å². The average Bonchev–Trinajstić information content (AvgIpc) is 2.38. The molecule has 1 unspecified atom stereocenters. The van der Waals surface area contributed by atoms with Crippen molar-refractivity contribution in [1.29, 1.82) is 0 Å². The summed E-state index contributed by atoms with van der Waals surface area (Å²) in [5, 5.41) is 0. The summed E-state index contributed by atoms with van der Waals surface area (Å²) in [6, 6.07) is 0. The molecule has 0 aliphatic heterocycles. The van der Waals surface area contributed by atoms with E-state index in [0.717, 1.165) is 30.8 Å². The molecule has 3 heteroatoms. The lowest BCUT2D eigenvalue weighted by Crippen LogP contribution is -2.32. The zero-order valence-corrected chi connectivity index (χ0v) is 12.9. The molecule has 0 aromatic carbocycles. The van der Waals surface area contributed by atoms with Crippen molar-refractivity contribution in [3.05, 3.63) is 18.2 Å². The van der Waals surface area contributed by atoms with Crippen molar-refractivity contribution in [3.63, 3.8) is 0 Å². The molecule has 0 aliphatic carbocycles. The van der Waals surface area contributed by atoms with Crippen molar-refractivity contribution < 1.29 is 4.74 Å². The van der Waals surface area contributed by atoms with Crippen molar-refractivity contribution in [2.75, 3.05) is 0 Å². The third-order valence-electron chi connectivity index (χ3n) is 3.46. The summed E-state index contributed by atoms with van der Waals surface area (Å²) in [6.07, 6.45) is 12.0. The average molecular weight is 264 g/mol. The van der Waals surface area contributed by atoms with Crippen LogP contribution >= 0.6 is 0 Å². The molecule has 0 saturated heterocycles. The fourth-order valence-corrected chi connectivity index (χ4v) is 2.40. The van der Waals surface area contributed by atoms with Crippen LogP contribution < -0.4 is 4.74 Å². The molecule has 1 heterocycles. The molecule has 19 heavy (non-hydrogen) atoms. The summed E-state index contributed by atoms with van der Waals surface area (Å²) in [4.78, 5) is 8.39. The Morgan fingerprint density at radius 1 is 1.00 bits per heavy atom. The van der Waals surface area contributed by atoms with Crippen LogP contribution in [0.5, 0.6) is 5.75 Å². The van der Waals surface area contributed by atoms with Crippen LogP contribution in [0.15, 0.2) is 12.4 Å². The predicted molar refractivity (Wildman–Crippen MR) is 79.5 cm³/mol. The second kappa shape index (κ2) is 8.13. The molecule has 0 N–H and O–H groups in total. The number of rotatable bonds is 9. The van der Waals surface area contributed by atoms with Gasteiger partial charge in [-0.1, -0.05) is 39.5 Å². The second-order valence-electron chi connectivity index (χ2n) is 5.58. The summed E-state index contributed by atoms with van der Waals surface area (Å²) >= 11 is 0. The number of hydrogen-bond donors (Lipinski definition) is 0. The Hall–Kier alpha value is -1.12. The highest BCUT2D eigenvalue weighted by molar-refractivity contribution is 5.13. The Bertz CT molecular complexity index is 350. The van der Waals surface area contributed by atoms with E-state index in [1.807, 2.05) is 6.92 Å². The van der Waals surface area contributed by atoms with Crippen molar-refractivity contribution >= 4 is 0 Å². The van der Waals surface area contributed by atoms with Gasteiger partial charge >= 0.3 is 0 Å². The van der Waals surface area contributed by atoms with E-state index < -0.39 is 0 Å². The van der Waals surface area contributed by atoms with E-state index in [1.54, 1.807) is 12.4 Å². The molecular weight excluding hydrogens is 236 g/mol. The standard InChI is InChI=1S/C16H28N2O/c1-5-7-8-9-11-16(4,10-6-2)19-15-12-17-14(3)18-13-15/h12-13H,5-11H2,1-4H3. The third kappa shape index (κ3) is 6.04. The van der Waals surface area contributed by atoms with E-state index in [2.05, 4.69) is 30.7 Å². The molecule has 0 aliphatic rings. The zero-order valence-electron chi connectivity index (χ0n) is 12.9. The van der Waals surface area contributed by atoms with E-state index in [0.29, 0.717) is 0 Å². The minimum atomic E-state index is -0.0822. The number of nitrogens with zero attached hydrogens (tertiary/aromatic N) is 2. The van der Waals surface area contributed by atoms with Crippen LogP contribution in [0.25, 0.3) is 0 Å². The molecule has 1 aromatic rings. The molecule has 0 spiro atoms. The molecular formula is C16H28N2O. The van der Waals surface area contributed by atoms with Crippen molar-refractivity contribution in [2.45, 2.75) is 78.2 Å². The van der Waals surface area contributed by atoms with Gasteiger partial charge in [-0.2, -0.15) is 0 Å². The number of unbranched alkanes of at least 4 members (excludes halogenated alkanes) is 3. The lowest BCUT2D eigenvalue weighted by molar-refractivity contribution is 0.0650. The molecule has 0 fully saturated rings. The van der Waals surface area contributed by atoms with Crippen LogP contribution in [0, 0.1) is 6.92 Å². The van der Waals surface area contributed by atoms with Gasteiger partial charge in [-0.25, -0.2) is 9.97 Å². The second-order valence-corrected chi connectivity index (χ2v) is 5.58. The molecule has 108 valence electrons. The number of ether oxygens (including phenoxy) is 1. The lowest BCUT2D eigenvalue weighted by atomic mass is 9.93. The SMILES string of the molecule is CCCCCCC(C)(CCC)Oc1cnc(C)nc1. The highest BCUT2D eigenvalue weighted by atomic mass is 16.5. The van der Waals surface area contributed by atoms with Crippen LogP contribution in [0.2, 0.25) is 0 Å². The molecule has 1 rings (SSSR count). The largest absolute Gasteiger partial charge is 0.484 e. The molecule has 3 nitrogen and oxygen atoms in total. The minimum Gasteiger partial charge on any atom is -0.484 e. The Morgan fingerprint density at radius 2 is 1.68 bits per heavy atom. The first-order chi connectivity index (χ1) is 9.09. The van der Waals surface area contributed by atoms with Gasteiger partial charge in [-0.05, 0) is 33.1 Å². The van der Waals surface area contributed by atoms with E-state index >= 15 is 0 Å². The molecule has 0 saturated carbocycles. The van der Waals surface area contributed by atoms with Crippen LogP contribution in [0.4, 0.5) is 0 Å². The number of hydrogen-bond acceptors (Lipinski definition) is 3. The zero-order chi connectivity index (χ0) is 14.1. The van der Waals surface area contributed by atoms with Crippen LogP contribution in [0.1, 0.15) is 71.5 Å². The molecule has 1 atom stereocenters. The predicted octanol–water partition coefficient (Wildman–Crippen LogP) is 4.69. The maximum Gasteiger partial charge on any atom is 0.156 e. The van der Waals surface area contributed by atoms with E-state index in [9.17, 15) is 0 Å². The Balaban J connectivity index is 2.56. The van der Waals surface area contributed by atoms with E-state index in [-0.39, 0.29) is 5.60 Å². The highest BCUT2D eigenvalue weighted by Gasteiger charge is 2.25. The van der Waals surface area contributed by atoms with Gasteiger partial charge in [0, 0.05) is 0 Å².